The quantitative estimate of drug-likeness (QED) is 0.700. The highest BCUT2D eigenvalue weighted by Crippen LogP contribution is 2.28. The van der Waals surface area contributed by atoms with Gasteiger partial charge >= 0.3 is 12.0 Å². The predicted octanol–water partition coefficient (Wildman–Crippen LogP) is 2.21. The van der Waals surface area contributed by atoms with Gasteiger partial charge in [-0.05, 0) is 25.5 Å². The molecule has 1 fully saturated rings. The summed E-state index contributed by atoms with van der Waals surface area (Å²) in [7, 11) is 0. The Morgan fingerprint density at radius 1 is 1.32 bits per heavy atom. The summed E-state index contributed by atoms with van der Waals surface area (Å²) < 4.78 is 0. The molecular weight excluding hydrogens is 264 g/mol. The van der Waals surface area contributed by atoms with E-state index in [1.54, 1.807) is 11.8 Å². The van der Waals surface area contributed by atoms with Gasteiger partial charge in [0, 0.05) is 11.8 Å². The molecule has 0 bridgehead atoms. The van der Waals surface area contributed by atoms with Crippen LogP contribution >= 0.6 is 11.8 Å². The number of carbonyl (C=O) groups is 2. The molecule has 0 radical (unpaired) electrons. The average molecular weight is 288 g/mol. The summed E-state index contributed by atoms with van der Waals surface area (Å²) in [6.45, 7) is 2.01. The lowest BCUT2D eigenvalue weighted by Crippen LogP contribution is -2.59. The van der Waals surface area contributed by atoms with Crippen LogP contribution in [0, 0.1) is 0 Å². The molecule has 0 heterocycles. The van der Waals surface area contributed by atoms with Crippen LogP contribution in [-0.2, 0) is 4.79 Å². The summed E-state index contributed by atoms with van der Waals surface area (Å²) in [5.74, 6) is -0.0791. The minimum atomic E-state index is -1.07. The molecule has 0 spiro atoms. The summed E-state index contributed by atoms with van der Waals surface area (Å²) in [5, 5.41) is 14.9. The molecule has 0 aromatic rings. The van der Waals surface area contributed by atoms with Gasteiger partial charge in [-0.25, -0.2) is 9.59 Å². The molecule has 1 aliphatic carbocycles. The van der Waals surface area contributed by atoms with Crippen LogP contribution in [0.2, 0.25) is 0 Å². The monoisotopic (exact) mass is 288 g/mol. The number of nitrogens with one attached hydrogen (secondary N) is 2. The molecule has 1 unspecified atom stereocenters. The third kappa shape index (κ3) is 4.60. The van der Waals surface area contributed by atoms with Crippen molar-refractivity contribution in [1.82, 2.24) is 10.6 Å². The number of thioether (sulfide) groups is 1. The zero-order chi connectivity index (χ0) is 14.3. The van der Waals surface area contributed by atoms with Gasteiger partial charge < -0.3 is 15.7 Å². The smallest absolute Gasteiger partial charge is 0.329 e. The summed E-state index contributed by atoms with van der Waals surface area (Å²) in [4.78, 5) is 23.4. The van der Waals surface area contributed by atoms with Crippen molar-refractivity contribution < 1.29 is 14.7 Å². The van der Waals surface area contributed by atoms with Crippen LogP contribution in [0.25, 0.3) is 0 Å². The van der Waals surface area contributed by atoms with Crippen LogP contribution in [0.5, 0.6) is 0 Å². The van der Waals surface area contributed by atoms with Crippen molar-refractivity contribution >= 4 is 23.8 Å². The largest absolute Gasteiger partial charge is 0.480 e. The topological polar surface area (TPSA) is 78.4 Å². The minimum absolute atomic E-state index is 0.0874. The number of hydrogen-bond acceptors (Lipinski definition) is 3. The molecule has 0 saturated heterocycles. The molecule has 0 aromatic carbocycles. The van der Waals surface area contributed by atoms with E-state index in [2.05, 4.69) is 10.6 Å². The Labute approximate surface area is 118 Å². The van der Waals surface area contributed by atoms with Gasteiger partial charge in [0.2, 0.25) is 0 Å². The predicted molar refractivity (Wildman–Crippen MR) is 77.6 cm³/mol. The molecule has 1 aliphatic rings. The van der Waals surface area contributed by atoms with Crippen molar-refractivity contribution in [2.45, 2.75) is 57.0 Å². The Hall–Kier alpha value is -0.910. The highest BCUT2D eigenvalue weighted by molar-refractivity contribution is 7.98. The van der Waals surface area contributed by atoms with Gasteiger partial charge in [-0.3, -0.25) is 0 Å². The van der Waals surface area contributed by atoms with E-state index in [0.717, 1.165) is 31.4 Å². The van der Waals surface area contributed by atoms with E-state index in [9.17, 15) is 14.7 Å². The number of hydrogen-bond donors (Lipinski definition) is 3. The fourth-order valence-corrected chi connectivity index (χ4v) is 3.17. The Morgan fingerprint density at radius 2 is 1.95 bits per heavy atom. The van der Waals surface area contributed by atoms with E-state index in [4.69, 9.17) is 0 Å². The van der Waals surface area contributed by atoms with Crippen molar-refractivity contribution in [1.29, 1.82) is 0 Å². The summed E-state index contributed by atoms with van der Waals surface area (Å²) in [6, 6.07) is -0.269. The second-order valence-electron chi connectivity index (χ2n) is 5.11. The number of urea groups is 1. The molecule has 0 aliphatic heterocycles. The Bertz CT molecular complexity index is 317. The lowest BCUT2D eigenvalue weighted by atomic mass is 9.82. The van der Waals surface area contributed by atoms with Gasteiger partial charge in [0.1, 0.15) is 5.54 Å². The molecule has 110 valence electrons. The van der Waals surface area contributed by atoms with Crippen LogP contribution in [0.3, 0.4) is 0 Å². The zero-order valence-electron chi connectivity index (χ0n) is 11.7. The molecule has 19 heavy (non-hydrogen) atoms. The first kappa shape index (κ1) is 16.1. The van der Waals surface area contributed by atoms with Gasteiger partial charge in [-0.2, -0.15) is 11.8 Å². The second kappa shape index (κ2) is 7.62. The van der Waals surface area contributed by atoms with Crippen LogP contribution in [0.15, 0.2) is 0 Å². The first-order chi connectivity index (χ1) is 9.04. The SMILES string of the molecule is CCC(CSC)NC(=O)NC1(C(=O)O)CCCCC1. The van der Waals surface area contributed by atoms with Crippen LogP contribution < -0.4 is 10.6 Å². The zero-order valence-corrected chi connectivity index (χ0v) is 12.5. The third-order valence-electron chi connectivity index (χ3n) is 3.67. The molecule has 1 atom stereocenters. The van der Waals surface area contributed by atoms with Crippen LogP contribution in [0.4, 0.5) is 4.79 Å². The first-order valence-corrected chi connectivity index (χ1v) is 8.24. The van der Waals surface area contributed by atoms with Gasteiger partial charge in [0.05, 0.1) is 0 Å². The van der Waals surface area contributed by atoms with Gasteiger partial charge in [-0.15, -0.1) is 0 Å². The van der Waals surface area contributed by atoms with Crippen LogP contribution in [0.1, 0.15) is 45.4 Å². The summed E-state index contributed by atoms with van der Waals surface area (Å²) in [6.07, 6.45) is 6.63. The van der Waals surface area contributed by atoms with Crippen molar-refractivity contribution in [3.8, 4) is 0 Å². The van der Waals surface area contributed by atoms with Crippen molar-refractivity contribution in [2.24, 2.45) is 0 Å². The number of amides is 2. The van der Waals surface area contributed by atoms with Crippen molar-refractivity contribution in [2.75, 3.05) is 12.0 Å². The van der Waals surface area contributed by atoms with Crippen molar-refractivity contribution in [3.05, 3.63) is 0 Å². The Balaban J connectivity index is 2.59. The first-order valence-electron chi connectivity index (χ1n) is 6.85. The average Bonchev–Trinajstić information content (AvgIpc) is 2.39. The number of carboxylic acids is 1. The molecule has 1 rings (SSSR count). The second-order valence-corrected chi connectivity index (χ2v) is 6.02. The molecule has 2 amide bonds. The highest BCUT2D eigenvalue weighted by Gasteiger charge is 2.41. The fourth-order valence-electron chi connectivity index (χ4n) is 2.45. The molecule has 0 aromatic heterocycles. The maximum absolute atomic E-state index is 12.0. The maximum Gasteiger partial charge on any atom is 0.329 e. The normalized spacial score (nSPS) is 19.5. The number of carbonyl (C=O) groups excluding carboxylic acids is 1. The third-order valence-corrected chi connectivity index (χ3v) is 4.40. The standard InChI is InChI=1S/C13H24N2O3S/c1-3-10(9-19-2)14-12(18)15-13(11(16)17)7-5-4-6-8-13/h10H,3-9H2,1-2H3,(H,16,17)(H2,14,15,18). The van der Waals surface area contributed by atoms with Gasteiger partial charge in [0.25, 0.3) is 0 Å². The van der Waals surface area contributed by atoms with E-state index in [1.807, 2.05) is 13.2 Å². The number of rotatable bonds is 6. The molecule has 6 heteroatoms. The molecule has 1 saturated carbocycles. The van der Waals surface area contributed by atoms with Crippen LogP contribution in [-0.4, -0.2) is 40.7 Å². The fraction of sp³-hybridized carbons (Fsp3) is 0.846. The van der Waals surface area contributed by atoms with E-state index in [-0.39, 0.29) is 12.1 Å². The Morgan fingerprint density at radius 3 is 2.42 bits per heavy atom. The lowest BCUT2D eigenvalue weighted by molar-refractivity contribution is -0.145. The van der Waals surface area contributed by atoms with Gasteiger partial charge in [0.15, 0.2) is 0 Å². The highest BCUT2D eigenvalue weighted by atomic mass is 32.2. The number of carboxylic acid groups (broad SMARTS) is 1. The molecular formula is C13H24N2O3S. The number of aliphatic carboxylic acids is 1. The van der Waals surface area contributed by atoms with E-state index >= 15 is 0 Å². The molecule has 5 nitrogen and oxygen atoms in total. The van der Waals surface area contributed by atoms with Crippen molar-refractivity contribution in [3.63, 3.8) is 0 Å². The van der Waals surface area contributed by atoms with E-state index in [0.29, 0.717) is 12.8 Å². The van der Waals surface area contributed by atoms with Gasteiger partial charge in [-0.1, -0.05) is 26.2 Å². The lowest BCUT2D eigenvalue weighted by Gasteiger charge is -2.34. The molecule has 3 N–H and O–H groups in total. The minimum Gasteiger partial charge on any atom is -0.480 e. The Kier molecular flexibility index (Phi) is 6.48. The summed E-state index contributed by atoms with van der Waals surface area (Å²) >= 11 is 1.67. The van der Waals surface area contributed by atoms with E-state index < -0.39 is 11.5 Å². The summed E-state index contributed by atoms with van der Waals surface area (Å²) in [5.41, 5.74) is -1.07. The van der Waals surface area contributed by atoms with E-state index in [1.165, 1.54) is 0 Å². The maximum atomic E-state index is 12.0.